The van der Waals surface area contributed by atoms with Crippen LogP contribution in [0.2, 0.25) is 0 Å². The zero-order chi connectivity index (χ0) is 27.2. The molecule has 39 heavy (non-hydrogen) atoms. The molecule has 2 aromatic heterocycles. The van der Waals surface area contributed by atoms with Crippen molar-refractivity contribution in [2.45, 2.75) is 13.0 Å². The SMILES string of the molecule is CN=Cc1cc(Nc2ncnc3ccc(-n4cc(C=O)c(CCO)c4)cc23)ccc1NCc1cccc(F)c1. The lowest BCUT2D eigenvalue weighted by Gasteiger charge is -2.14. The molecule has 5 rings (SSSR count). The lowest BCUT2D eigenvalue weighted by atomic mass is 10.1. The fourth-order valence-corrected chi connectivity index (χ4v) is 4.43. The molecule has 0 fully saturated rings. The Morgan fingerprint density at radius 2 is 1.95 bits per heavy atom. The molecule has 0 unspecified atom stereocenters. The van der Waals surface area contributed by atoms with Gasteiger partial charge in [0.2, 0.25) is 0 Å². The fourth-order valence-electron chi connectivity index (χ4n) is 4.43. The van der Waals surface area contributed by atoms with E-state index < -0.39 is 0 Å². The van der Waals surface area contributed by atoms with Gasteiger partial charge in [0.1, 0.15) is 18.0 Å². The maximum atomic E-state index is 13.6. The van der Waals surface area contributed by atoms with Gasteiger partial charge in [0, 0.05) is 72.4 Å². The Bertz CT molecular complexity index is 1660. The fraction of sp³-hybridized carbons (Fsp3) is 0.133. The Morgan fingerprint density at radius 1 is 1.05 bits per heavy atom. The number of fused-ring (bicyclic) bond motifs is 1. The minimum Gasteiger partial charge on any atom is -0.396 e. The van der Waals surface area contributed by atoms with Gasteiger partial charge in [0.15, 0.2) is 6.29 Å². The van der Waals surface area contributed by atoms with E-state index >= 15 is 0 Å². The van der Waals surface area contributed by atoms with Crippen LogP contribution in [0.1, 0.15) is 27.0 Å². The van der Waals surface area contributed by atoms with Gasteiger partial charge in [-0.2, -0.15) is 0 Å². The molecule has 5 aromatic rings. The van der Waals surface area contributed by atoms with Crippen LogP contribution >= 0.6 is 0 Å². The lowest BCUT2D eigenvalue weighted by Crippen LogP contribution is -2.04. The van der Waals surface area contributed by atoms with Gasteiger partial charge in [-0.25, -0.2) is 14.4 Å². The molecule has 0 saturated heterocycles. The number of nitrogens with one attached hydrogen (secondary N) is 2. The number of aliphatic imine (C=N–C) groups is 1. The first kappa shape index (κ1) is 25.7. The molecule has 0 aliphatic carbocycles. The van der Waals surface area contributed by atoms with E-state index in [1.807, 2.05) is 53.2 Å². The molecule has 0 saturated carbocycles. The van der Waals surface area contributed by atoms with E-state index in [2.05, 4.69) is 25.6 Å². The molecule has 0 atom stereocenters. The minimum atomic E-state index is -0.268. The third kappa shape index (κ3) is 5.83. The van der Waals surface area contributed by atoms with Crippen molar-refractivity contribution in [1.29, 1.82) is 0 Å². The van der Waals surface area contributed by atoms with E-state index in [1.165, 1.54) is 18.5 Å². The van der Waals surface area contributed by atoms with Gasteiger partial charge in [0.05, 0.1) is 5.52 Å². The maximum Gasteiger partial charge on any atom is 0.151 e. The van der Waals surface area contributed by atoms with E-state index in [0.717, 1.165) is 50.9 Å². The van der Waals surface area contributed by atoms with Crippen LogP contribution in [0, 0.1) is 5.82 Å². The summed E-state index contributed by atoms with van der Waals surface area (Å²) in [6, 6.07) is 18.1. The van der Waals surface area contributed by atoms with Crippen molar-refractivity contribution in [1.82, 2.24) is 14.5 Å². The topological polar surface area (TPSA) is 104 Å². The first-order valence-electron chi connectivity index (χ1n) is 12.4. The highest BCUT2D eigenvalue weighted by atomic mass is 19.1. The quantitative estimate of drug-likeness (QED) is 0.170. The highest BCUT2D eigenvalue weighted by Crippen LogP contribution is 2.28. The number of carbonyl (C=O) groups is 1. The number of benzene rings is 3. The van der Waals surface area contributed by atoms with Crippen molar-refractivity contribution >= 4 is 40.6 Å². The van der Waals surface area contributed by atoms with E-state index in [0.29, 0.717) is 24.3 Å². The van der Waals surface area contributed by atoms with Gasteiger partial charge in [-0.1, -0.05) is 12.1 Å². The van der Waals surface area contributed by atoms with Crippen molar-refractivity contribution < 1.29 is 14.3 Å². The zero-order valence-electron chi connectivity index (χ0n) is 21.3. The monoisotopic (exact) mass is 522 g/mol. The Kier molecular flexibility index (Phi) is 7.70. The van der Waals surface area contributed by atoms with Crippen LogP contribution < -0.4 is 10.6 Å². The predicted molar refractivity (Wildman–Crippen MR) is 152 cm³/mol. The third-order valence-corrected chi connectivity index (χ3v) is 6.32. The standard InChI is InChI=1S/C30H27FN6O2/c1-32-15-22-12-25(5-7-28(22)33-14-20-3-2-4-24(31)11-20)36-30-27-13-26(6-8-29(27)34-19-35-30)37-16-21(9-10-38)23(17-37)18-39/h2-8,11-13,15-19,33,38H,9-10,14H2,1H3,(H,34,35,36). The molecule has 0 amide bonds. The number of aliphatic hydroxyl groups is 1. The number of aromatic nitrogens is 3. The molecule has 3 aromatic carbocycles. The second-order valence-corrected chi connectivity index (χ2v) is 8.96. The van der Waals surface area contributed by atoms with E-state index in [1.54, 1.807) is 25.5 Å². The molecule has 3 N–H and O–H groups in total. The molecular formula is C30H27FN6O2. The second-order valence-electron chi connectivity index (χ2n) is 8.96. The van der Waals surface area contributed by atoms with Crippen LogP contribution in [0.3, 0.4) is 0 Å². The summed E-state index contributed by atoms with van der Waals surface area (Å²) in [7, 11) is 1.71. The number of anilines is 3. The third-order valence-electron chi connectivity index (χ3n) is 6.32. The molecule has 9 heteroatoms. The largest absolute Gasteiger partial charge is 0.396 e. The number of hydrogen-bond acceptors (Lipinski definition) is 7. The van der Waals surface area contributed by atoms with Crippen molar-refractivity contribution in [3.63, 3.8) is 0 Å². The molecule has 0 aliphatic heterocycles. The molecule has 0 bridgehead atoms. The van der Waals surface area contributed by atoms with Gasteiger partial charge in [0.25, 0.3) is 0 Å². The number of carbonyl (C=O) groups excluding carboxylic acids is 1. The molecule has 0 radical (unpaired) electrons. The number of rotatable bonds is 10. The molecule has 8 nitrogen and oxygen atoms in total. The smallest absolute Gasteiger partial charge is 0.151 e. The van der Waals surface area contributed by atoms with E-state index in [9.17, 15) is 14.3 Å². The molecule has 2 heterocycles. The maximum absolute atomic E-state index is 13.6. The Labute approximate surface area is 224 Å². The molecule has 0 spiro atoms. The van der Waals surface area contributed by atoms with Crippen LogP contribution in [0.5, 0.6) is 0 Å². The first-order valence-corrected chi connectivity index (χ1v) is 12.4. The molecule has 0 aliphatic rings. The minimum absolute atomic E-state index is 0.0334. The second kappa shape index (κ2) is 11.7. The van der Waals surface area contributed by atoms with Crippen molar-refractivity contribution in [2.75, 3.05) is 24.3 Å². The molecule has 196 valence electrons. The number of aliphatic hydroxyl groups excluding tert-OH is 1. The van der Waals surface area contributed by atoms with Gasteiger partial charge in [-0.15, -0.1) is 0 Å². The number of hydrogen-bond donors (Lipinski definition) is 3. The number of nitrogens with zero attached hydrogens (tertiary/aromatic N) is 4. The first-order chi connectivity index (χ1) is 19.1. The summed E-state index contributed by atoms with van der Waals surface area (Å²) < 4.78 is 15.4. The lowest BCUT2D eigenvalue weighted by molar-refractivity contribution is 0.112. The number of aldehydes is 1. The predicted octanol–water partition coefficient (Wildman–Crippen LogP) is 5.31. The highest BCUT2D eigenvalue weighted by Gasteiger charge is 2.11. The summed E-state index contributed by atoms with van der Waals surface area (Å²) in [6.07, 6.45) is 8.07. The summed E-state index contributed by atoms with van der Waals surface area (Å²) in [4.78, 5) is 24.6. The van der Waals surface area contributed by atoms with Crippen molar-refractivity contribution in [3.05, 3.63) is 107 Å². The van der Waals surface area contributed by atoms with Gasteiger partial charge < -0.3 is 20.3 Å². The Morgan fingerprint density at radius 3 is 2.74 bits per heavy atom. The molecular weight excluding hydrogens is 495 g/mol. The summed E-state index contributed by atoms with van der Waals surface area (Å²) in [5.74, 6) is 0.357. The summed E-state index contributed by atoms with van der Waals surface area (Å²) in [5.41, 5.74) is 6.30. The normalized spacial score (nSPS) is 11.3. The van der Waals surface area contributed by atoms with Crippen LogP contribution in [-0.2, 0) is 13.0 Å². The van der Waals surface area contributed by atoms with Crippen LogP contribution in [0.25, 0.3) is 16.6 Å². The van der Waals surface area contributed by atoms with Gasteiger partial charge in [-0.05, 0) is 66.1 Å². The van der Waals surface area contributed by atoms with Gasteiger partial charge >= 0.3 is 0 Å². The average Bonchev–Trinajstić information content (AvgIpc) is 3.36. The highest BCUT2D eigenvalue weighted by molar-refractivity contribution is 5.94. The van der Waals surface area contributed by atoms with Crippen LogP contribution in [0.15, 0.2) is 84.4 Å². The zero-order valence-corrected chi connectivity index (χ0v) is 21.3. The summed E-state index contributed by atoms with van der Waals surface area (Å²) >= 11 is 0. The van der Waals surface area contributed by atoms with Gasteiger partial charge in [-0.3, -0.25) is 9.79 Å². The van der Waals surface area contributed by atoms with Crippen LogP contribution in [-0.4, -0.2) is 45.8 Å². The summed E-state index contributed by atoms with van der Waals surface area (Å²) in [6.45, 7) is 0.438. The van der Waals surface area contributed by atoms with Crippen molar-refractivity contribution in [2.24, 2.45) is 4.99 Å². The summed E-state index contributed by atoms with van der Waals surface area (Å²) in [5, 5.41) is 16.9. The van der Waals surface area contributed by atoms with E-state index in [-0.39, 0.29) is 12.4 Å². The number of halogens is 1. The van der Waals surface area contributed by atoms with E-state index in [4.69, 9.17) is 0 Å². The Hall–Kier alpha value is -4.89. The van der Waals surface area contributed by atoms with Crippen molar-refractivity contribution in [3.8, 4) is 5.69 Å². The average molecular weight is 523 g/mol. The Balaban J connectivity index is 1.43. The van der Waals surface area contributed by atoms with Crippen LogP contribution in [0.4, 0.5) is 21.6 Å².